The Hall–Kier alpha value is 0.160. The second-order valence-corrected chi connectivity index (χ2v) is 3.65. The number of hydrogen-bond acceptors (Lipinski definition) is 2. The van der Waals surface area contributed by atoms with Gasteiger partial charge in [-0.1, -0.05) is 13.8 Å². The van der Waals surface area contributed by atoms with Crippen molar-refractivity contribution in [3.63, 3.8) is 0 Å². The van der Waals surface area contributed by atoms with Crippen molar-refractivity contribution in [2.75, 3.05) is 19.8 Å². The molecule has 0 aromatic carbocycles. The third-order valence-corrected chi connectivity index (χ3v) is 1.34. The SMILES string of the molecule is CC(C)COCCNC(=O)I. The molecule has 0 aromatic rings. The lowest BCUT2D eigenvalue weighted by atomic mass is 10.2. The zero-order valence-corrected chi connectivity index (χ0v) is 9.05. The second-order valence-electron chi connectivity index (χ2n) is 2.67. The van der Waals surface area contributed by atoms with Crippen LogP contribution in [-0.4, -0.2) is 23.7 Å². The van der Waals surface area contributed by atoms with E-state index >= 15 is 0 Å². The van der Waals surface area contributed by atoms with Gasteiger partial charge in [0.15, 0.2) is 0 Å². The van der Waals surface area contributed by atoms with Gasteiger partial charge in [-0.05, 0) is 5.92 Å². The third-order valence-electron chi connectivity index (χ3n) is 0.962. The predicted octanol–water partition coefficient (Wildman–Crippen LogP) is 1.80. The molecule has 0 bridgehead atoms. The van der Waals surface area contributed by atoms with Crippen molar-refractivity contribution >= 4 is 26.5 Å². The number of amides is 1. The van der Waals surface area contributed by atoms with E-state index in [1.54, 1.807) is 22.6 Å². The largest absolute Gasteiger partial charge is 0.379 e. The maximum atomic E-state index is 10.4. The molecule has 1 N–H and O–H groups in total. The summed E-state index contributed by atoms with van der Waals surface area (Å²) in [6.45, 7) is 6.16. The van der Waals surface area contributed by atoms with Crippen molar-refractivity contribution in [1.82, 2.24) is 5.32 Å². The van der Waals surface area contributed by atoms with Gasteiger partial charge in [0.2, 0.25) is 0 Å². The molecule has 4 heteroatoms. The number of carbonyl (C=O) groups is 1. The Morgan fingerprint density at radius 1 is 1.64 bits per heavy atom. The minimum Gasteiger partial charge on any atom is -0.379 e. The fourth-order valence-electron chi connectivity index (χ4n) is 0.541. The van der Waals surface area contributed by atoms with E-state index in [0.29, 0.717) is 19.1 Å². The van der Waals surface area contributed by atoms with Gasteiger partial charge >= 0.3 is 0 Å². The maximum Gasteiger partial charge on any atom is 0.280 e. The summed E-state index contributed by atoms with van der Waals surface area (Å²) in [7, 11) is 0. The fourth-order valence-corrected chi connectivity index (χ4v) is 0.810. The summed E-state index contributed by atoms with van der Waals surface area (Å²) in [4.78, 5) is 10.4. The lowest BCUT2D eigenvalue weighted by molar-refractivity contribution is 0.113. The highest BCUT2D eigenvalue weighted by Crippen LogP contribution is 1.91. The normalized spacial score (nSPS) is 10.2. The topological polar surface area (TPSA) is 38.3 Å². The minimum atomic E-state index is -0.0317. The lowest BCUT2D eigenvalue weighted by Crippen LogP contribution is -2.22. The molecule has 0 aliphatic rings. The molecule has 11 heavy (non-hydrogen) atoms. The maximum absolute atomic E-state index is 10.4. The molecule has 0 rings (SSSR count). The molecule has 0 aliphatic carbocycles. The molecule has 0 aliphatic heterocycles. The summed E-state index contributed by atoms with van der Waals surface area (Å²) in [6.07, 6.45) is 0. The molecule has 0 atom stereocenters. The van der Waals surface area contributed by atoms with Gasteiger partial charge < -0.3 is 10.1 Å². The van der Waals surface area contributed by atoms with Crippen LogP contribution in [0.25, 0.3) is 0 Å². The average Bonchev–Trinajstić information content (AvgIpc) is 1.85. The highest BCUT2D eigenvalue weighted by Gasteiger charge is 1.94. The molecule has 0 fully saturated rings. The van der Waals surface area contributed by atoms with Crippen LogP contribution in [0.4, 0.5) is 4.79 Å². The van der Waals surface area contributed by atoms with Crippen LogP contribution in [0.2, 0.25) is 0 Å². The number of hydrogen-bond donors (Lipinski definition) is 1. The van der Waals surface area contributed by atoms with Crippen molar-refractivity contribution in [3.05, 3.63) is 0 Å². The lowest BCUT2D eigenvalue weighted by Gasteiger charge is -2.05. The Morgan fingerprint density at radius 3 is 2.73 bits per heavy atom. The number of nitrogens with one attached hydrogen (secondary N) is 1. The van der Waals surface area contributed by atoms with Crippen molar-refractivity contribution in [1.29, 1.82) is 0 Å². The minimum absolute atomic E-state index is 0.0317. The van der Waals surface area contributed by atoms with Gasteiger partial charge in [0.25, 0.3) is 3.91 Å². The number of carbonyl (C=O) groups excluding carboxylic acids is 1. The molecule has 0 unspecified atom stereocenters. The highest BCUT2D eigenvalue weighted by molar-refractivity contribution is 14.1. The monoisotopic (exact) mass is 271 g/mol. The van der Waals surface area contributed by atoms with E-state index in [9.17, 15) is 4.79 Å². The van der Waals surface area contributed by atoms with E-state index in [2.05, 4.69) is 19.2 Å². The third kappa shape index (κ3) is 10.2. The van der Waals surface area contributed by atoms with Crippen LogP contribution in [0.1, 0.15) is 13.8 Å². The first-order valence-electron chi connectivity index (χ1n) is 3.64. The Morgan fingerprint density at radius 2 is 2.27 bits per heavy atom. The zero-order valence-electron chi connectivity index (χ0n) is 6.89. The first-order chi connectivity index (χ1) is 5.13. The summed E-state index contributed by atoms with van der Waals surface area (Å²) >= 11 is 1.70. The van der Waals surface area contributed by atoms with E-state index in [-0.39, 0.29) is 3.91 Å². The van der Waals surface area contributed by atoms with E-state index in [1.807, 2.05) is 0 Å². The van der Waals surface area contributed by atoms with E-state index in [1.165, 1.54) is 0 Å². The van der Waals surface area contributed by atoms with Crippen LogP contribution < -0.4 is 5.32 Å². The van der Waals surface area contributed by atoms with Gasteiger partial charge in [-0.25, -0.2) is 0 Å². The van der Waals surface area contributed by atoms with Crippen LogP contribution >= 0.6 is 22.6 Å². The van der Waals surface area contributed by atoms with Crippen LogP contribution in [0.5, 0.6) is 0 Å². The Balaban J connectivity index is 2.97. The van der Waals surface area contributed by atoms with Gasteiger partial charge in [-0.2, -0.15) is 0 Å². The number of ether oxygens (including phenoxy) is 1. The summed E-state index contributed by atoms with van der Waals surface area (Å²) in [5.74, 6) is 0.560. The van der Waals surface area contributed by atoms with Crippen molar-refractivity contribution in [2.45, 2.75) is 13.8 Å². The van der Waals surface area contributed by atoms with Crippen LogP contribution in [0.15, 0.2) is 0 Å². The number of halogens is 1. The summed E-state index contributed by atoms with van der Waals surface area (Å²) in [6, 6.07) is 0. The zero-order chi connectivity index (χ0) is 8.69. The van der Waals surface area contributed by atoms with Gasteiger partial charge in [-0.15, -0.1) is 0 Å². The fraction of sp³-hybridized carbons (Fsp3) is 0.857. The van der Waals surface area contributed by atoms with Crippen LogP contribution in [-0.2, 0) is 4.74 Å². The van der Waals surface area contributed by atoms with E-state index in [4.69, 9.17) is 4.74 Å². The van der Waals surface area contributed by atoms with E-state index in [0.717, 1.165) is 6.61 Å². The molecule has 0 saturated heterocycles. The molecule has 3 nitrogen and oxygen atoms in total. The standard InChI is InChI=1S/C7H14INO2/c1-6(2)5-11-4-3-9-7(8)10/h6H,3-5H2,1-2H3,(H,9,10). The van der Waals surface area contributed by atoms with E-state index < -0.39 is 0 Å². The highest BCUT2D eigenvalue weighted by atomic mass is 127. The second kappa shape index (κ2) is 6.84. The Bertz CT molecular complexity index is 117. The molecule has 1 amide bonds. The first kappa shape index (κ1) is 11.2. The first-order valence-corrected chi connectivity index (χ1v) is 4.72. The van der Waals surface area contributed by atoms with Gasteiger partial charge in [-0.3, -0.25) is 4.79 Å². The van der Waals surface area contributed by atoms with Gasteiger partial charge in [0.05, 0.1) is 6.61 Å². The summed E-state index contributed by atoms with van der Waals surface area (Å²) in [5, 5.41) is 2.64. The Labute approximate surface area is 81.0 Å². The van der Waals surface area contributed by atoms with Gasteiger partial charge in [0.1, 0.15) is 0 Å². The molecule has 0 spiro atoms. The molecular formula is C7H14INO2. The van der Waals surface area contributed by atoms with Crippen LogP contribution in [0, 0.1) is 5.92 Å². The quantitative estimate of drug-likeness (QED) is 0.358. The van der Waals surface area contributed by atoms with Crippen molar-refractivity contribution in [2.24, 2.45) is 5.92 Å². The molecule has 0 radical (unpaired) electrons. The van der Waals surface area contributed by atoms with Gasteiger partial charge in [0, 0.05) is 35.7 Å². The molecule has 0 saturated carbocycles. The Kier molecular flexibility index (Phi) is 6.94. The smallest absolute Gasteiger partial charge is 0.280 e. The van der Waals surface area contributed by atoms with Crippen molar-refractivity contribution in [3.8, 4) is 0 Å². The van der Waals surface area contributed by atoms with Crippen molar-refractivity contribution < 1.29 is 9.53 Å². The number of rotatable bonds is 5. The van der Waals surface area contributed by atoms with Crippen LogP contribution in [0.3, 0.4) is 0 Å². The predicted molar refractivity (Wildman–Crippen MR) is 53.1 cm³/mol. The average molecular weight is 271 g/mol. The molecule has 66 valence electrons. The molecule has 0 aromatic heterocycles. The summed E-state index contributed by atoms with van der Waals surface area (Å²) in [5.41, 5.74) is 0. The molecule has 0 heterocycles. The summed E-state index contributed by atoms with van der Waals surface area (Å²) < 4.78 is 5.20. The molecular weight excluding hydrogens is 257 g/mol.